The second-order valence-corrected chi connectivity index (χ2v) is 4.97. The highest BCUT2D eigenvalue weighted by atomic mass is 16.7. The summed E-state index contributed by atoms with van der Waals surface area (Å²) in [4.78, 5) is 10.2. The first kappa shape index (κ1) is 15.9. The van der Waals surface area contributed by atoms with Crippen molar-refractivity contribution in [3.63, 3.8) is 0 Å². The molecule has 0 saturated carbocycles. The first-order valence-corrected chi connectivity index (χ1v) is 7.52. The topological polar surface area (TPSA) is 52.1 Å². The van der Waals surface area contributed by atoms with Gasteiger partial charge >= 0.3 is 0 Å². The fourth-order valence-corrected chi connectivity index (χ4v) is 2.44. The zero-order valence-electron chi connectivity index (χ0n) is 12.7. The molecule has 0 amide bonds. The molecule has 1 aromatic rings. The fraction of sp³-hybridized carbons (Fsp3) is 0.562. The van der Waals surface area contributed by atoms with Crippen LogP contribution in [-0.2, 0) is 20.7 Å². The average molecular weight is 292 g/mol. The van der Waals surface area contributed by atoms with Gasteiger partial charge in [-0.15, -0.1) is 0 Å². The lowest BCUT2D eigenvalue weighted by molar-refractivity contribution is -0.152. The number of rotatable bonds is 9. The largest absolute Gasteiger partial charge is 0.353 e. The summed E-state index contributed by atoms with van der Waals surface area (Å²) in [5.74, 6) is 0. The van der Waals surface area contributed by atoms with E-state index in [0.29, 0.717) is 13.2 Å². The molecule has 0 saturated heterocycles. The predicted molar refractivity (Wildman–Crippen MR) is 81.9 cm³/mol. The normalized spacial score (nSPS) is 20.9. The first-order valence-electron chi connectivity index (χ1n) is 7.52. The van der Waals surface area contributed by atoms with E-state index in [4.69, 9.17) is 14.3 Å². The van der Waals surface area contributed by atoms with Crippen LogP contribution in [0.25, 0.3) is 0 Å². The maximum atomic E-state index is 5.67. The Balaban J connectivity index is 1.96. The summed E-state index contributed by atoms with van der Waals surface area (Å²) in [6.45, 7) is 5.21. The second-order valence-electron chi connectivity index (χ2n) is 4.97. The van der Waals surface area contributed by atoms with E-state index in [-0.39, 0.29) is 6.29 Å². The minimum atomic E-state index is -0.576. The van der Waals surface area contributed by atoms with E-state index in [1.54, 1.807) is 6.34 Å². The lowest BCUT2D eigenvalue weighted by Gasteiger charge is -2.26. The number of nitrogens with one attached hydrogen (secondary N) is 1. The van der Waals surface area contributed by atoms with Gasteiger partial charge in [0.05, 0.1) is 0 Å². The maximum absolute atomic E-state index is 5.67. The molecule has 5 nitrogen and oxygen atoms in total. The number of ether oxygens (including phenoxy) is 2. The summed E-state index contributed by atoms with van der Waals surface area (Å²) in [6, 6.07) is 10.2. The molecule has 0 aliphatic carbocycles. The molecule has 0 radical (unpaired) electrons. The lowest BCUT2D eigenvalue weighted by atomic mass is 9.98. The molecule has 1 atom stereocenters. The third-order valence-corrected chi connectivity index (χ3v) is 3.40. The van der Waals surface area contributed by atoms with Crippen LogP contribution < -0.4 is 5.48 Å². The Bertz CT molecular complexity index is 432. The van der Waals surface area contributed by atoms with Gasteiger partial charge in [0.15, 0.2) is 12.0 Å². The van der Waals surface area contributed by atoms with E-state index >= 15 is 0 Å². The van der Waals surface area contributed by atoms with Crippen LogP contribution in [0, 0.1) is 0 Å². The van der Waals surface area contributed by atoms with Gasteiger partial charge in [0.2, 0.25) is 0 Å². The monoisotopic (exact) mass is 292 g/mol. The van der Waals surface area contributed by atoms with Gasteiger partial charge < -0.3 is 9.47 Å². The number of benzene rings is 1. The van der Waals surface area contributed by atoms with Crippen molar-refractivity contribution < 1.29 is 14.3 Å². The van der Waals surface area contributed by atoms with Crippen LogP contribution in [0.1, 0.15) is 32.3 Å². The Kier molecular flexibility index (Phi) is 6.17. The molecule has 1 aromatic carbocycles. The van der Waals surface area contributed by atoms with Crippen LogP contribution in [0.3, 0.4) is 0 Å². The molecule has 0 spiro atoms. The summed E-state index contributed by atoms with van der Waals surface area (Å²) in [6.07, 6.45) is 3.61. The van der Waals surface area contributed by atoms with Gasteiger partial charge in [-0.05, 0) is 19.4 Å². The predicted octanol–water partition coefficient (Wildman–Crippen LogP) is 2.67. The summed E-state index contributed by atoms with van der Waals surface area (Å²) in [5, 5.41) is 0. The van der Waals surface area contributed by atoms with Crippen LogP contribution in [-0.4, -0.2) is 31.6 Å². The van der Waals surface area contributed by atoms with Crippen molar-refractivity contribution in [3.8, 4) is 0 Å². The molecule has 1 aliphatic rings. The summed E-state index contributed by atoms with van der Waals surface area (Å²) >= 11 is 0. The molecule has 0 aromatic heterocycles. The molecule has 1 unspecified atom stereocenters. The minimum absolute atomic E-state index is 0.202. The average Bonchev–Trinajstić information content (AvgIpc) is 2.95. The quantitative estimate of drug-likeness (QED) is 0.711. The minimum Gasteiger partial charge on any atom is -0.353 e. The van der Waals surface area contributed by atoms with Crippen molar-refractivity contribution in [1.82, 2.24) is 5.48 Å². The molecule has 0 bridgehead atoms. The van der Waals surface area contributed by atoms with Crippen molar-refractivity contribution in [1.29, 1.82) is 0 Å². The molecule has 1 N–H and O–H groups in total. The van der Waals surface area contributed by atoms with Gasteiger partial charge in [0.1, 0.15) is 6.34 Å². The molecule has 116 valence electrons. The van der Waals surface area contributed by atoms with Gasteiger partial charge in [-0.3, -0.25) is 5.48 Å². The number of hydrogen-bond acceptors (Lipinski definition) is 5. The third-order valence-electron chi connectivity index (χ3n) is 3.40. The maximum Gasteiger partial charge on any atom is 0.191 e. The van der Waals surface area contributed by atoms with Crippen LogP contribution in [0.4, 0.5) is 0 Å². The van der Waals surface area contributed by atoms with Crippen molar-refractivity contribution >= 4 is 6.34 Å². The zero-order chi connectivity index (χ0) is 15.0. The number of hydrogen-bond donors (Lipinski definition) is 1. The fourth-order valence-electron chi connectivity index (χ4n) is 2.44. The van der Waals surface area contributed by atoms with E-state index < -0.39 is 5.72 Å². The summed E-state index contributed by atoms with van der Waals surface area (Å²) < 4.78 is 11.2. The number of aliphatic imine (C=N–C) groups is 1. The van der Waals surface area contributed by atoms with Crippen LogP contribution in [0.15, 0.2) is 35.3 Å². The van der Waals surface area contributed by atoms with Crippen molar-refractivity contribution in [2.75, 3.05) is 13.2 Å². The van der Waals surface area contributed by atoms with Crippen LogP contribution >= 0.6 is 0 Å². The highest BCUT2D eigenvalue weighted by Gasteiger charge is 2.34. The number of hydroxylamine groups is 1. The van der Waals surface area contributed by atoms with E-state index in [2.05, 4.69) is 22.6 Å². The van der Waals surface area contributed by atoms with E-state index in [0.717, 1.165) is 19.3 Å². The van der Waals surface area contributed by atoms with Gasteiger partial charge in [0.25, 0.3) is 0 Å². The molecule has 2 rings (SSSR count). The Morgan fingerprint density at radius 1 is 1.19 bits per heavy atom. The second kappa shape index (κ2) is 8.12. The van der Waals surface area contributed by atoms with Crippen molar-refractivity contribution in [2.24, 2.45) is 4.99 Å². The molecule has 1 heterocycles. The van der Waals surface area contributed by atoms with E-state index in [1.807, 2.05) is 32.0 Å². The first-order chi connectivity index (χ1) is 10.3. The SMILES string of the molecule is CCOC(CCC1(Cc2ccccc2)N=CNO1)OCC. The highest BCUT2D eigenvalue weighted by Crippen LogP contribution is 2.27. The smallest absolute Gasteiger partial charge is 0.191 e. The van der Waals surface area contributed by atoms with Gasteiger partial charge in [-0.1, -0.05) is 30.3 Å². The van der Waals surface area contributed by atoms with Crippen molar-refractivity contribution in [2.45, 2.75) is 45.1 Å². The van der Waals surface area contributed by atoms with Crippen molar-refractivity contribution in [3.05, 3.63) is 35.9 Å². The van der Waals surface area contributed by atoms with Gasteiger partial charge in [0, 0.05) is 32.5 Å². The molecular weight excluding hydrogens is 268 g/mol. The van der Waals surface area contributed by atoms with Crippen LogP contribution in [0.5, 0.6) is 0 Å². The summed E-state index contributed by atoms with van der Waals surface area (Å²) in [5.41, 5.74) is 3.37. The Morgan fingerprint density at radius 2 is 1.90 bits per heavy atom. The third kappa shape index (κ3) is 4.81. The number of nitrogens with zero attached hydrogens (tertiary/aromatic N) is 1. The van der Waals surface area contributed by atoms with E-state index in [1.165, 1.54) is 5.56 Å². The molecule has 1 aliphatic heterocycles. The lowest BCUT2D eigenvalue weighted by Crippen LogP contribution is -2.34. The summed E-state index contributed by atoms with van der Waals surface area (Å²) in [7, 11) is 0. The Morgan fingerprint density at radius 3 is 2.48 bits per heavy atom. The molecular formula is C16H24N2O3. The highest BCUT2D eigenvalue weighted by molar-refractivity contribution is 5.55. The molecule has 21 heavy (non-hydrogen) atoms. The molecule has 0 fully saturated rings. The van der Waals surface area contributed by atoms with Crippen LogP contribution in [0.2, 0.25) is 0 Å². The Hall–Kier alpha value is -1.43. The Labute approximate surface area is 126 Å². The standard InChI is InChI=1S/C16H24N2O3/c1-3-19-15(20-4-2)10-11-16(17-13-18-21-16)12-14-8-6-5-7-9-14/h5-9,13,15H,3-4,10-12H2,1-2H3,(H,17,18). The molecule has 5 heteroatoms. The van der Waals surface area contributed by atoms with E-state index in [9.17, 15) is 0 Å². The zero-order valence-corrected chi connectivity index (χ0v) is 12.7. The van der Waals surface area contributed by atoms with Gasteiger partial charge in [-0.25, -0.2) is 9.83 Å². The van der Waals surface area contributed by atoms with Gasteiger partial charge in [-0.2, -0.15) is 0 Å².